The van der Waals surface area contributed by atoms with Gasteiger partial charge >= 0.3 is 11.9 Å². The van der Waals surface area contributed by atoms with Gasteiger partial charge in [0.05, 0.1) is 40.8 Å². The van der Waals surface area contributed by atoms with Crippen LogP contribution in [-0.2, 0) is 14.3 Å². The van der Waals surface area contributed by atoms with Crippen molar-refractivity contribution in [3.05, 3.63) is 83.1 Å². The number of hydrazone groups is 1. The average Bonchev–Trinajstić information content (AvgIpc) is 3.44. The van der Waals surface area contributed by atoms with Gasteiger partial charge in [0.25, 0.3) is 5.91 Å². The van der Waals surface area contributed by atoms with Crippen LogP contribution in [0.3, 0.4) is 0 Å². The van der Waals surface area contributed by atoms with Gasteiger partial charge in [-0.05, 0) is 82.3 Å². The lowest BCUT2D eigenvalue weighted by atomic mass is 10.1. The van der Waals surface area contributed by atoms with Crippen LogP contribution in [0.5, 0.6) is 0 Å². The van der Waals surface area contributed by atoms with Gasteiger partial charge in [-0.1, -0.05) is 12.1 Å². The highest BCUT2D eigenvalue weighted by Gasteiger charge is 2.29. The third-order valence-corrected chi connectivity index (χ3v) is 5.32. The molecule has 8 nitrogen and oxygen atoms in total. The van der Waals surface area contributed by atoms with E-state index < -0.39 is 11.9 Å². The van der Waals surface area contributed by atoms with E-state index in [0.29, 0.717) is 51.8 Å². The Labute approximate surface area is 208 Å². The molecule has 0 radical (unpaired) electrons. The molecular weight excluding hydrogens is 460 g/mol. The minimum Gasteiger partial charge on any atom is -0.462 e. The summed E-state index contributed by atoms with van der Waals surface area (Å²) in [5.74, 6) is -0.119. The molecule has 1 aromatic heterocycles. The van der Waals surface area contributed by atoms with Crippen molar-refractivity contribution in [3.63, 3.8) is 0 Å². The maximum atomic E-state index is 13.1. The number of rotatable bonds is 7. The fourth-order valence-electron chi connectivity index (χ4n) is 3.62. The quantitative estimate of drug-likeness (QED) is 0.323. The van der Waals surface area contributed by atoms with Crippen LogP contribution in [0, 0.1) is 0 Å². The van der Waals surface area contributed by atoms with E-state index in [9.17, 15) is 14.4 Å². The van der Waals surface area contributed by atoms with Crippen molar-refractivity contribution < 1.29 is 28.3 Å². The predicted molar refractivity (Wildman–Crippen MR) is 136 cm³/mol. The molecule has 0 atom stereocenters. The Hall–Kier alpha value is -4.46. The van der Waals surface area contributed by atoms with Gasteiger partial charge in [0.2, 0.25) is 0 Å². The smallest absolute Gasteiger partial charge is 0.338 e. The van der Waals surface area contributed by atoms with Crippen LogP contribution in [0.25, 0.3) is 17.4 Å². The zero-order chi connectivity index (χ0) is 25.8. The van der Waals surface area contributed by atoms with Crippen molar-refractivity contribution in [1.82, 2.24) is 0 Å². The minimum atomic E-state index is -0.425. The van der Waals surface area contributed by atoms with Gasteiger partial charge in [-0.15, -0.1) is 0 Å². The number of esters is 2. The third-order valence-electron chi connectivity index (χ3n) is 5.32. The van der Waals surface area contributed by atoms with Crippen LogP contribution in [0.1, 0.15) is 54.2 Å². The fourth-order valence-corrected chi connectivity index (χ4v) is 3.62. The molecule has 4 rings (SSSR count). The van der Waals surface area contributed by atoms with Gasteiger partial charge in [-0.25, -0.2) is 9.59 Å². The molecule has 2 heterocycles. The number of hydrogen-bond donors (Lipinski definition) is 0. The highest BCUT2D eigenvalue weighted by molar-refractivity contribution is 6.32. The number of anilines is 1. The first-order valence-electron chi connectivity index (χ1n) is 11.6. The van der Waals surface area contributed by atoms with Crippen LogP contribution >= 0.6 is 0 Å². The molecule has 3 aromatic rings. The monoisotopic (exact) mass is 486 g/mol. The third kappa shape index (κ3) is 5.27. The average molecular weight is 487 g/mol. The molecule has 0 spiro atoms. The van der Waals surface area contributed by atoms with Crippen molar-refractivity contribution in [2.75, 3.05) is 11.6 Å². The van der Waals surface area contributed by atoms with Crippen molar-refractivity contribution in [2.24, 2.45) is 5.10 Å². The molecule has 0 saturated heterocycles. The van der Waals surface area contributed by atoms with E-state index in [-0.39, 0.29) is 12.0 Å². The Morgan fingerprint density at radius 3 is 2.47 bits per heavy atom. The highest BCUT2D eigenvalue weighted by atomic mass is 16.5. The van der Waals surface area contributed by atoms with Gasteiger partial charge < -0.3 is 13.9 Å². The van der Waals surface area contributed by atoms with Crippen LogP contribution < -0.4 is 5.01 Å². The SMILES string of the molecule is CCOC(=O)c1cccc(-c2ccc(C=C3C(=O)N(c4ccc(C(=O)OC(C)C)cc4)N=C3C)o2)c1. The van der Waals surface area contributed by atoms with Gasteiger partial charge in [0.15, 0.2) is 0 Å². The van der Waals surface area contributed by atoms with Crippen molar-refractivity contribution in [3.8, 4) is 11.3 Å². The van der Waals surface area contributed by atoms with E-state index in [0.717, 1.165) is 0 Å². The number of carbonyl (C=O) groups excluding carboxylic acids is 3. The molecule has 1 amide bonds. The van der Waals surface area contributed by atoms with E-state index >= 15 is 0 Å². The summed E-state index contributed by atoms with van der Waals surface area (Å²) in [6.07, 6.45) is 1.41. The number of ether oxygens (including phenoxy) is 2. The van der Waals surface area contributed by atoms with Gasteiger partial charge in [-0.2, -0.15) is 10.1 Å². The number of benzene rings is 2. The largest absolute Gasteiger partial charge is 0.462 e. The van der Waals surface area contributed by atoms with Crippen LogP contribution in [-0.4, -0.2) is 36.3 Å². The summed E-state index contributed by atoms with van der Waals surface area (Å²) >= 11 is 0. The highest BCUT2D eigenvalue weighted by Crippen LogP contribution is 2.28. The molecule has 8 heteroatoms. The normalized spacial score (nSPS) is 14.4. The van der Waals surface area contributed by atoms with E-state index in [1.165, 1.54) is 5.01 Å². The lowest BCUT2D eigenvalue weighted by molar-refractivity contribution is -0.114. The molecule has 0 N–H and O–H groups in total. The Morgan fingerprint density at radius 2 is 1.78 bits per heavy atom. The van der Waals surface area contributed by atoms with Crippen molar-refractivity contribution >= 4 is 35.3 Å². The number of furan rings is 1. The first-order chi connectivity index (χ1) is 17.3. The molecule has 0 saturated carbocycles. The lowest BCUT2D eigenvalue weighted by Gasteiger charge is -2.13. The molecule has 0 fully saturated rings. The molecule has 1 aliphatic heterocycles. The summed E-state index contributed by atoms with van der Waals surface area (Å²) < 4.78 is 16.2. The minimum absolute atomic E-state index is 0.221. The lowest BCUT2D eigenvalue weighted by Crippen LogP contribution is -2.21. The summed E-state index contributed by atoms with van der Waals surface area (Å²) in [6, 6.07) is 17.0. The zero-order valence-corrected chi connectivity index (χ0v) is 20.5. The zero-order valence-electron chi connectivity index (χ0n) is 20.5. The molecule has 0 aliphatic carbocycles. The van der Waals surface area contributed by atoms with Crippen molar-refractivity contribution in [2.45, 2.75) is 33.8 Å². The van der Waals surface area contributed by atoms with Gasteiger partial charge in [0, 0.05) is 5.56 Å². The Balaban J connectivity index is 1.52. The summed E-state index contributed by atoms with van der Waals surface area (Å²) in [4.78, 5) is 37.2. The number of carbonyl (C=O) groups is 3. The summed E-state index contributed by atoms with van der Waals surface area (Å²) in [6.45, 7) is 7.35. The number of amides is 1. The van der Waals surface area contributed by atoms with E-state index in [1.807, 2.05) is 6.07 Å². The number of hydrogen-bond acceptors (Lipinski definition) is 7. The van der Waals surface area contributed by atoms with Crippen LogP contribution in [0.2, 0.25) is 0 Å². The second kappa shape index (κ2) is 10.4. The Kier molecular flexibility index (Phi) is 7.15. The van der Waals surface area contributed by atoms with Gasteiger partial charge in [-0.3, -0.25) is 4.79 Å². The number of nitrogens with zero attached hydrogens (tertiary/aromatic N) is 2. The Morgan fingerprint density at radius 1 is 1.03 bits per heavy atom. The molecule has 184 valence electrons. The first kappa shape index (κ1) is 24.7. The second-order valence-electron chi connectivity index (χ2n) is 8.36. The topological polar surface area (TPSA) is 98.4 Å². The maximum Gasteiger partial charge on any atom is 0.338 e. The van der Waals surface area contributed by atoms with E-state index in [2.05, 4.69) is 5.10 Å². The first-order valence-corrected chi connectivity index (χ1v) is 11.6. The summed E-state index contributed by atoms with van der Waals surface area (Å²) in [7, 11) is 0. The molecule has 0 unspecified atom stereocenters. The molecular formula is C28H26N2O6. The maximum absolute atomic E-state index is 13.1. The van der Waals surface area contributed by atoms with Crippen LogP contribution in [0.15, 0.2) is 75.8 Å². The molecule has 0 bridgehead atoms. The summed E-state index contributed by atoms with van der Waals surface area (Å²) in [5, 5.41) is 5.66. The van der Waals surface area contributed by atoms with Gasteiger partial charge in [0.1, 0.15) is 11.5 Å². The molecule has 1 aliphatic rings. The summed E-state index contributed by atoms with van der Waals surface area (Å²) in [5.41, 5.74) is 2.99. The molecule has 2 aromatic carbocycles. The second-order valence-corrected chi connectivity index (χ2v) is 8.36. The van der Waals surface area contributed by atoms with Crippen LogP contribution in [0.4, 0.5) is 5.69 Å². The van der Waals surface area contributed by atoms with Crippen molar-refractivity contribution in [1.29, 1.82) is 0 Å². The Bertz CT molecular complexity index is 1360. The standard InChI is InChI=1S/C28H26N2O6/c1-5-34-27(32)21-8-6-7-20(15-21)25-14-13-23(36-25)16-24-18(4)29-30(26(24)31)22-11-9-19(10-12-22)28(33)35-17(2)3/h6-17H,5H2,1-4H3. The van der Waals surface area contributed by atoms with E-state index in [1.54, 1.807) is 88.4 Å². The molecule has 36 heavy (non-hydrogen) atoms. The fraction of sp³-hybridized carbons (Fsp3) is 0.214. The predicted octanol–water partition coefficient (Wildman–Crippen LogP) is 5.49. The van der Waals surface area contributed by atoms with E-state index in [4.69, 9.17) is 13.9 Å².